The number of rotatable bonds is 6. The van der Waals surface area contributed by atoms with Crippen molar-refractivity contribution in [1.29, 1.82) is 0 Å². The van der Waals surface area contributed by atoms with Gasteiger partial charge in [-0.2, -0.15) is 0 Å². The number of carbonyl (C=O) groups is 3. The van der Waals surface area contributed by atoms with Crippen molar-refractivity contribution in [1.82, 2.24) is 4.90 Å². The number of amides is 3. The molecule has 9 heteroatoms. The summed E-state index contributed by atoms with van der Waals surface area (Å²) in [4.78, 5) is 38.5. The summed E-state index contributed by atoms with van der Waals surface area (Å²) < 4.78 is 5.33. The van der Waals surface area contributed by atoms with E-state index in [1.54, 1.807) is 13.0 Å². The van der Waals surface area contributed by atoms with E-state index < -0.39 is 23.6 Å². The smallest absolute Gasteiger partial charge is 0.294 e. The van der Waals surface area contributed by atoms with Crippen LogP contribution in [0.1, 0.15) is 23.6 Å². The number of hydrogen-bond donors (Lipinski definition) is 2. The van der Waals surface area contributed by atoms with Gasteiger partial charge in [-0.15, -0.1) is 0 Å². The monoisotopic (exact) mass is 460 g/mol. The van der Waals surface area contributed by atoms with E-state index in [1.807, 2.05) is 26.0 Å². The summed E-state index contributed by atoms with van der Waals surface area (Å²) in [5.74, 6) is -1.07. The summed E-state index contributed by atoms with van der Waals surface area (Å²) in [6.07, 6.45) is 1.47. The molecule has 2 N–H and O–H groups in total. The molecule has 1 fully saturated rings. The van der Waals surface area contributed by atoms with Crippen molar-refractivity contribution in [3.05, 3.63) is 56.9 Å². The predicted octanol–water partition coefficient (Wildman–Crippen LogP) is 4.74. The lowest BCUT2D eigenvalue weighted by Crippen LogP contribution is -2.36. The molecule has 1 heterocycles. The third-order valence-corrected chi connectivity index (χ3v) is 5.68. The molecule has 2 aromatic rings. The second-order valence-corrected chi connectivity index (χ2v) is 8.32. The lowest BCUT2D eigenvalue weighted by Gasteiger charge is -2.14. The van der Waals surface area contributed by atoms with Crippen molar-refractivity contribution in [3.63, 3.8) is 0 Å². The summed E-state index contributed by atoms with van der Waals surface area (Å²) in [5.41, 5.74) is 3.06. The molecule has 3 amide bonds. The quantitative estimate of drug-likeness (QED) is 0.604. The van der Waals surface area contributed by atoms with E-state index in [0.717, 1.165) is 27.8 Å². The first-order valence-corrected chi connectivity index (χ1v) is 10.7. The molecule has 1 saturated heterocycles. The average molecular weight is 461 g/mol. The summed E-state index contributed by atoms with van der Waals surface area (Å²) in [5, 5.41) is 12.2. The third-order valence-electron chi connectivity index (χ3n) is 4.48. The Morgan fingerprint density at radius 2 is 2.00 bits per heavy atom. The number of anilines is 1. The number of hydrogen-bond acceptors (Lipinski definition) is 6. The Bertz CT molecular complexity index is 1100. The van der Waals surface area contributed by atoms with Gasteiger partial charge in [0.1, 0.15) is 6.54 Å². The molecule has 0 radical (unpaired) electrons. The minimum absolute atomic E-state index is 0.0595. The Morgan fingerprint density at radius 1 is 1.26 bits per heavy atom. The molecule has 1 aliphatic heterocycles. The number of aryl methyl sites for hydroxylation is 2. The third kappa shape index (κ3) is 5.21. The molecule has 2 aromatic carbocycles. The largest absolute Gasteiger partial charge is 0.503 e. The Morgan fingerprint density at radius 3 is 2.68 bits per heavy atom. The summed E-state index contributed by atoms with van der Waals surface area (Å²) >= 11 is 6.75. The summed E-state index contributed by atoms with van der Waals surface area (Å²) in [6.45, 7) is 5.50. The van der Waals surface area contributed by atoms with Crippen LogP contribution in [-0.2, 0) is 9.59 Å². The Kier molecular flexibility index (Phi) is 6.92. The molecule has 0 unspecified atom stereocenters. The number of ether oxygens (including phenoxy) is 1. The molecule has 3 rings (SSSR count). The molecule has 1 aliphatic rings. The number of thioether (sulfide) groups is 1. The van der Waals surface area contributed by atoms with Gasteiger partial charge >= 0.3 is 0 Å². The van der Waals surface area contributed by atoms with E-state index in [2.05, 4.69) is 5.32 Å². The van der Waals surface area contributed by atoms with Crippen molar-refractivity contribution >= 4 is 52.2 Å². The van der Waals surface area contributed by atoms with E-state index in [-0.39, 0.29) is 21.4 Å². The van der Waals surface area contributed by atoms with E-state index in [1.165, 1.54) is 18.2 Å². The maximum atomic E-state index is 12.7. The van der Waals surface area contributed by atoms with Gasteiger partial charge in [0.05, 0.1) is 16.5 Å². The lowest BCUT2D eigenvalue weighted by atomic mass is 10.1. The highest BCUT2D eigenvalue weighted by molar-refractivity contribution is 8.18. The molecule has 7 nitrogen and oxygen atoms in total. The second-order valence-electron chi connectivity index (χ2n) is 6.92. The van der Waals surface area contributed by atoms with Gasteiger partial charge in [-0.3, -0.25) is 19.3 Å². The number of carbonyl (C=O) groups excluding carboxylic acids is 3. The topological polar surface area (TPSA) is 95.9 Å². The Labute approximate surface area is 189 Å². The van der Waals surface area contributed by atoms with Gasteiger partial charge in [0.2, 0.25) is 5.91 Å². The SMILES string of the molecule is CCOc1cc(/C=C2\SC(=O)N(CC(=O)Nc3ccc(C)cc3C)C2=O)cc(Cl)c1O. The Balaban J connectivity index is 1.75. The molecule has 162 valence electrons. The number of benzene rings is 2. The highest BCUT2D eigenvalue weighted by atomic mass is 35.5. The number of nitrogens with one attached hydrogen (secondary N) is 1. The Hall–Kier alpha value is -2.97. The van der Waals surface area contributed by atoms with Crippen LogP contribution in [0.15, 0.2) is 35.2 Å². The van der Waals surface area contributed by atoms with Gasteiger partial charge in [0.25, 0.3) is 11.1 Å². The standard InChI is InChI=1S/C22H21ClN2O5S/c1-4-30-17-9-14(8-15(23)20(17)27)10-18-21(28)25(22(29)31-18)11-19(26)24-16-6-5-12(2)7-13(16)3/h5-10,27H,4,11H2,1-3H3,(H,24,26)/b18-10-. The molecule has 0 atom stereocenters. The van der Waals surface area contributed by atoms with E-state index in [4.69, 9.17) is 16.3 Å². The first-order chi connectivity index (χ1) is 14.7. The van der Waals surface area contributed by atoms with E-state index >= 15 is 0 Å². The molecular formula is C22H21ClN2O5S. The van der Waals surface area contributed by atoms with E-state index in [0.29, 0.717) is 17.9 Å². The molecule has 0 saturated carbocycles. The van der Waals surface area contributed by atoms with Gasteiger partial charge in [-0.1, -0.05) is 29.3 Å². The molecule has 0 bridgehead atoms. The van der Waals surface area contributed by atoms with Crippen molar-refractivity contribution in [3.8, 4) is 11.5 Å². The lowest BCUT2D eigenvalue weighted by molar-refractivity contribution is -0.127. The van der Waals surface area contributed by atoms with Crippen LogP contribution in [0.25, 0.3) is 6.08 Å². The maximum absolute atomic E-state index is 12.7. The van der Waals surface area contributed by atoms with Crippen molar-refractivity contribution in [2.24, 2.45) is 0 Å². The van der Waals surface area contributed by atoms with Crippen molar-refractivity contribution in [2.75, 3.05) is 18.5 Å². The predicted molar refractivity (Wildman–Crippen MR) is 122 cm³/mol. The zero-order chi connectivity index (χ0) is 22.7. The zero-order valence-corrected chi connectivity index (χ0v) is 18.8. The normalized spacial score (nSPS) is 15.0. The van der Waals surface area contributed by atoms with Crippen molar-refractivity contribution < 1.29 is 24.2 Å². The number of phenolic OH excluding ortho intramolecular Hbond substituents is 1. The molecular weight excluding hydrogens is 440 g/mol. The molecule has 31 heavy (non-hydrogen) atoms. The van der Waals surface area contributed by atoms with Crippen LogP contribution in [0.5, 0.6) is 11.5 Å². The number of nitrogens with zero attached hydrogens (tertiary/aromatic N) is 1. The van der Waals surface area contributed by atoms with Crippen LogP contribution >= 0.6 is 23.4 Å². The fourth-order valence-corrected chi connectivity index (χ4v) is 4.07. The van der Waals surface area contributed by atoms with Gasteiger partial charge < -0.3 is 15.2 Å². The summed E-state index contributed by atoms with van der Waals surface area (Å²) in [6, 6.07) is 8.55. The minimum atomic E-state index is -0.576. The van der Waals surface area contributed by atoms with Crippen LogP contribution in [0, 0.1) is 13.8 Å². The van der Waals surface area contributed by atoms with Gasteiger partial charge in [0, 0.05) is 5.69 Å². The average Bonchev–Trinajstić information content (AvgIpc) is 2.95. The van der Waals surface area contributed by atoms with Crippen LogP contribution in [0.4, 0.5) is 10.5 Å². The molecule has 0 aromatic heterocycles. The number of halogens is 1. The number of aromatic hydroxyl groups is 1. The van der Waals surface area contributed by atoms with Gasteiger partial charge in [-0.05, 0) is 67.9 Å². The van der Waals surface area contributed by atoms with Crippen LogP contribution in [0.3, 0.4) is 0 Å². The summed E-state index contributed by atoms with van der Waals surface area (Å²) in [7, 11) is 0. The second kappa shape index (κ2) is 9.45. The highest BCUT2D eigenvalue weighted by Gasteiger charge is 2.36. The minimum Gasteiger partial charge on any atom is -0.503 e. The van der Waals surface area contributed by atoms with E-state index in [9.17, 15) is 19.5 Å². The highest BCUT2D eigenvalue weighted by Crippen LogP contribution is 2.38. The molecule has 0 spiro atoms. The fraction of sp³-hybridized carbons (Fsp3) is 0.227. The maximum Gasteiger partial charge on any atom is 0.294 e. The van der Waals surface area contributed by atoms with Gasteiger partial charge in [0.15, 0.2) is 11.5 Å². The van der Waals surface area contributed by atoms with Crippen LogP contribution in [-0.4, -0.2) is 40.2 Å². The van der Waals surface area contributed by atoms with Crippen LogP contribution in [0.2, 0.25) is 5.02 Å². The number of phenols is 1. The van der Waals surface area contributed by atoms with Gasteiger partial charge in [-0.25, -0.2) is 0 Å². The zero-order valence-electron chi connectivity index (χ0n) is 17.2. The number of imide groups is 1. The first kappa shape index (κ1) is 22.7. The molecule has 0 aliphatic carbocycles. The van der Waals surface area contributed by atoms with Crippen molar-refractivity contribution in [2.45, 2.75) is 20.8 Å². The first-order valence-electron chi connectivity index (χ1n) is 9.47. The van der Waals surface area contributed by atoms with Crippen LogP contribution < -0.4 is 10.1 Å². The fourth-order valence-electron chi connectivity index (χ4n) is 3.02.